The summed E-state index contributed by atoms with van der Waals surface area (Å²) in [5.41, 5.74) is 1.72. The summed E-state index contributed by atoms with van der Waals surface area (Å²) in [6, 6.07) is 15.1. The van der Waals surface area contributed by atoms with E-state index in [9.17, 15) is 27.6 Å². The van der Waals surface area contributed by atoms with Crippen LogP contribution in [0.3, 0.4) is 0 Å². The highest BCUT2D eigenvalue weighted by Gasteiger charge is 2.38. The molecule has 3 aliphatic heterocycles. The van der Waals surface area contributed by atoms with E-state index in [1.54, 1.807) is 18.2 Å². The molecule has 306 valence electrons. The number of alkyl halides is 2. The Kier molecular flexibility index (Phi) is 13.2. The lowest BCUT2D eigenvalue weighted by molar-refractivity contribution is -0.377. The number of carbonyl (C=O) groups excluding carboxylic acids is 3. The van der Waals surface area contributed by atoms with Gasteiger partial charge in [-0.3, -0.25) is 14.5 Å². The summed E-state index contributed by atoms with van der Waals surface area (Å²) in [6.45, 7) is -0.744. The zero-order valence-electron chi connectivity index (χ0n) is 31.2. The number of carbonyl (C=O) groups is 3. The molecule has 1 aromatic heterocycles. The van der Waals surface area contributed by atoms with Crippen molar-refractivity contribution in [2.24, 2.45) is 11.8 Å². The number of hydrogen-bond donors (Lipinski definition) is 2. The predicted octanol–water partition coefficient (Wildman–Crippen LogP) is 7.38. The smallest absolute Gasteiger partial charge is 0.387 e. The van der Waals surface area contributed by atoms with Gasteiger partial charge in [0.1, 0.15) is 34.6 Å². The number of amides is 1. The van der Waals surface area contributed by atoms with E-state index < -0.39 is 49.0 Å². The second-order valence-corrected chi connectivity index (χ2v) is 15.5. The molecule has 4 aliphatic rings. The van der Waals surface area contributed by atoms with Gasteiger partial charge in [-0.2, -0.15) is 8.78 Å². The molecule has 4 aromatic rings. The van der Waals surface area contributed by atoms with Crippen LogP contribution in [0.5, 0.6) is 11.5 Å². The topological polar surface area (TPSA) is 130 Å². The molecule has 8 rings (SSSR count). The lowest BCUT2D eigenvalue weighted by Crippen LogP contribution is -2.52. The van der Waals surface area contributed by atoms with Crippen molar-refractivity contribution < 1.29 is 51.5 Å². The first kappa shape index (κ1) is 41.1. The van der Waals surface area contributed by atoms with Crippen LogP contribution in [0.4, 0.5) is 18.9 Å². The molecule has 3 atom stereocenters. The van der Waals surface area contributed by atoms with Crippen LogP contribution in [0.1, 0.15) is 64.9 Å². The van der Waals surface area contributed by atoms with Gasteiger partial charge in [0.2, 0.25) is 0 Å². The molecular weight excluding hydrogens is 800 g/mol. The minimum absolute atomic E-state index is 0.00849. The highest BCUT2D eigenvalue weighted by Crippen LogP contribution is 2.38. The highest BCUT2D eigenvalue weighted by molar-refractivity contribution is 6.35. The number of anilines is 1. The van der Waals surface area contributed by atoms with E-state index in [0.717, 1.165) is 38.8 Å². The molecule has 3 aromatic carbocycles. The van der Waals surface area contributed by atoms with Gasteiger partial charge in [0.05, 0.1) is 6.61 Å². The van der Waals surface area contributed by atoms with Crippen molar-refractivity contribution in [1.82, 2.24) is 10.2 Å². The largest absolute Gasteiger partial charge is 0.489 e. The van der Waals surface area contributed by atoms with Gasteiger partial charge < -0.3 is 29.6 Å². The normalized spacial score (nSPS) is 19.5. The summed E-state index contributed by atoms with van der Waals surface area (Å²) in [6.07, 6.45) is 5.51. The van der Waals surface area contributed by atoms with Crippen LogP contribution in [0.15, 0.2) is 79.1 Å². The minimum Gasteiger partial charge on any atom is -0.489 e. The van der Waals surface area contributed by atoms with Crippen LogP contribution >= 0.6 is 23.2 Å². The molecule has 3 saturated heterocycles. The monoisotopic (exact) mass is 841 g/mol. The van der Waals surface area contributed by atoms with Crippen molar-refractivity contribution in [3.05, 3.63) is 117 Å². The number of halogens is 5. The van der Waals surface area contributed by atoms with Crippen LogP contribution < -0.4 is 25.1 Å². The lowest BCUT2D eigenvalue weighted by Gasteiger charge is -2.44. The minimum atomic E-state index is -3.09. The van der Waals surface area contributed by atoms with E-state index in [-0.39, 0.29) is 45.6 Å². The van der Waals surface area contributed by atoms with E-state index in [0.29, 0.717) is 41.4 Å². The Morgan fingerprint density at radius 3 is 2.34 bits per heavy atom. The predicted molar refractivity (Wildman–Crippen MR) is 207 cm³/mol. The third-order valence-corrected chi connectivity index (χ3v) is 11.2. The van der Waals surface area contributed by atoms with Crippen LogP contribution in [-0.4, -0.2) is 68.2 Å². The summed E-state index contributed by atoms with van der Waals surface area (Å²) < 4.78 is 63.2. The highest BCUT2D eigenvalue weighted by atomic mass is 35.5. The average molecular weight is 843 g/mol. The molecule has 3 N–H and O–H groups in total. The number of esters is 2. The van der Waals surface area contributed by atoms with Crippen molar-refractivity contribution in [2.45, 2.75) is 57.0 Å². The Hall–Kier alpha value is -5.05. The van der Waals surface area contributed by atoms with Gasteiger partial charge in [-0.1, -0.05) is 47.5 Å². The SMILES string of the molecule is O=C(CNC(=O)c1cccc(NC(C(=O)O[C@H]2CN3CCC2CC3)c2cccc(F)c2)c1)O[C@@H](Cc1c(Cl)c[nH+]cc1Cl)c1ccc(OC(F)F)c(OCC2CC2)c1. The number of H-pyrrole nitrogens is 1. The van der Waals surface area contributed by atoms with E-state index >= 15 is 0 Å². The van der Waals surface area contributed by atoms with E-state index in [2.05, 4.69) is 25.3 Å². The van der Waals surface area contributed by atoms with E-state index in [4.69, 9.17) is 37.4 Å². The molecule has 1 saturated carbocycles. The standard InChI is InChI=1S/C42H41Cl2F3N4O7/c43-32-19-48-20-33(44)31(32)18-35(26-9-10-34(58-42(46)47)36(17-26)55-23-24-7-8-24)56-38(52)21-49-40(53)28-4-2-6-30(16-28)50-39(27-3-1-5-29(45)15-27)41(54)57-37-22-51-13-11-25(37)12-14-51/h1-6,9-10,15-17,19-20,24-25,35,37,39,42,50H,7-8,11-14,18,21-23H2,(H,49,53)/p+1/t35-,37-,39?/m0/s1. The molecule has 0 radical (unpaired) electrons. The number of nitrogens with one attached hydrogen (secondary N) is 3. The fraction of sp³-hybridized carbons (Fsp3) is 0.381. The van der Waals surface area contributed by atoms with Crippen LogP contribution in [0, 0.1) is 17.7 Å². The Bertz CT molecular complexity index is 2100. The summed E-state index contributed by atoms with van der Waals surface area (Å²) in [5.74, 6) is -2.08. The first-order valence-electron chi connectivity index (χ1n) is 19.1. The van der Waals surface area contributed by atoms with Crippen LogP contribution in [0.2, 0.25) is 10.0 Å². The number of hydrogen-bond acceptors (Lipinski definition) is 9. The molecule has 1 aliphatic carbocycles. The molecule has 16 heteroatoms. The molecule has 1 unspecified atom stereocenters. The first-order chi connectivity index (χ1) is 28.0. The lowest BCUT2D eigenvalue weighted by atomic mass is 9.86. The van der Waals surface area contributed by atoms with Crippen molar-refractivity contribution in [1.29, 1.82) is 0 Å². The zero-order valence-corrected chi connectivity index (χ0v) is 32.7. The maximum atomic E-state index is 14.4. The molecule has 0 spiro atoms. The number of nitrogens with zero attached hydrogens (tertiary/aromatic N) is 1. The maximum absolute atomic E-state index is 14.4. The summed E-state index contributed by atoms with van der Waals surface area (Å²) in [5, 5.41) is 6.22. The van der Waals surface area contributed by atoms with Crippen LogP contribution in [0.25, 0.3) is 0 Å². The van der Waals surface area contributed by atoms with E-state index in [1.165, 1.54) is 60.9 Å². The molecule has 2 bridgehead atoms. The Balaban J connectivity index is 1.04. The zero-order chi connectivity index (χ0) is 40.8. The molecule has 4 heterocycles. The fourth-order valence-electron chi connectivity index (χ4n) is 7.21. The fourth-order valence-corrected chi connectivity index (χ4v) is 7.74. The van der Waals surface area contributed by atoms with Gasteiger partial charge in [0.15, 0.2) is 29.9 Å². The second kappa shape index (κ2) is 18.7. The van der Waals surface area contributed by atoms with E-state index in [1.807, 2.05) is 0 Å². The number of aromatic nitrogens is 1. The number of fused-ring (bicyclic) bond motifs is 3. The number of benzene rings is 3. The van der Waals surface area contributed by atoms with Crippen molar-refractivity contribution in [3.8, 4) is 11.5 Å². The van der Waals surface area contributed by atoms with Crippen LogP contribution in [-0.2, 0) is 25.5 Å². The summed E-state index contributed by atoms with van der Waals surface area (Å²) in [4.78, 5) is 45.5. The number of piperidine rings is 3. The third kappa shape index (κ3) is 10.7. The summed E-state index contributed by atoms with van der Waals surface area (Å²) in [7, 11) is 0. The van der Waals surface area contributed by atoms with Crippen molar-refractivity contribution in [2.75, 3.05) is 38.1 Å². The molecule has 11 nitrogen and oxygen atoms in total. The number of rotatable bonds is 17. The summed E-state index contributed by atoms with van der Waals surface area (Å²) >= 11 is 12.9. The van der Waals surface area contributed by atoms with Gasteiger partial charge in [-0.15, -0.1) is 0 Å². The first-order valence-corrected chi connectivity index (χ1v) is 19.8. The Morgan fingerprint density at radius 2 is 1.66 bits per heavy atom. The Morgan fingerprint density at radius 1 is 0.897 bits per heavy atom. The van der Waals surface area contributed by atoms with Gasteiger partial charge in [-0.25, -0.2) is 14.2 Å². The molecule has 4 fully saturated rings. The van der Waals surface area contributed by atoms with Gasteiger partial charge in [0.25, 0.3) is 5.91 Å². The third-order valence-electron chi connectivity index (χ3n) is 10.5. The molecule has 58 heavy (non-hydrogen) atoms. The van der Waals surface area contributed by atoms with Gasteiger partial charge >= 0.3 is 18.6 Å². The number of pyridine rings is 1. The number of aromatic amines is 1. The number of ether oxygens (including phenoxy) is 4. The average Bonchev–Trinajstić information content (AvgIpc) is 4.05. The Labute approximate surface area is 343 Å². The van der Waals surface area contributed by atoms with Crippen molar-refractivity contribution >= 4 is 46.7 Å². The maximum Gasteiger partial charge on any atom is 0.387 e. The molecule has 1 amide bonds. The van der Waals surface area contributed by atoms with Crippen molar-refractivity contribution in [3.63, 3.8) is 0 Å². The second-order valence-electron chi connectivity index (χ2n) is 14.7. The van der Waals surface area contributed by atoms with Gasteiger partial charge in [0, 0.05) is 29.8 Å². The van der Waals surface area contributed by atoms with Gasteiger partial charge in [-0.05, 0) is 104 Å². The quantitative estimate of drug-likeness (QED) is 0.105. The molecular formula is C42H42Cl2F3N4O7+.